The van der Waals surface area contributed by atoms with Gasteiger partial charge in [0.25, 0.3) is 0 Å². The standard InChI is InChI=1S/C17H29NO2/c1-5-15-6-8-17(9-7-15)20-12-16(19)11-18-14(4)10-13(2)3/h6-9,13-14,16,18-19H,5,10-12H2,1-4H3. The topological polar surface area (TPSA) is 41.5 Å². The molecular weight excluding hydrogens is 250 g/mol. The summed E-state index contributed by atoms with van der Waals surface area (Å²) in [5.74, 6) is 1.49. The number of aryl methyl sites for hydroxylation is 1. The quantitative estimate of drug-likeness (QED) is 0.730. The molecule has 0 bridgehead atoms. The molecule has 0 heterocycles. The maximum absolute atomic E-state index is 9.91. The molecule has 114 valence electrons. The van der Waals surface area contributed by atoms with Gasteiger partial charge in [0.1, 0.15) is 18.5 Å². The highest BCUT2D eigenvalue weighted by Crippen LogP contribution is 2.12. The Morgan fingerprint density at radius 2 is 1.80 bits per heavy atom. The largest absolute Gasteiger partial charge is 0.491 e. The van der Waals surface area contributed by atoms with Crippen molar-refractivity contribution in [3.8, 4) is 5.75 Å². The van der Waals surface area contributed by atoms with Gasteiger partial charge in [-0.05, 0) is 43.4 Å². The van der Waals surface area contributed by atoms with E-state index in [1.54, 1.807) is 0 Å². The summed E-state index contributed by atoms with van der Waals surface area (Å²) < 4.78 is 5.59. The minimum Gasteiger partial charge on any atom is -0.491 e. The number of hydrogen-bond donors (Lipinski definition) is 2. The van der Waals surface area contributed by atoms with Crippen molar-refractivity contribution in [3.05, 3.63) is 29.8 Å². The molecule has 0 fully saturated rings. The van der Waals surface area contributed by atoms with E-state index in [1.165, 1.54) is 5.56 Å². The van der Waals surface area contributed by atoms with E-state index in [9.17, 15) is 5.11 Å². The van der Waals surface area contributed by atoms with Gasteiger partial charge in [0.05, 0.1) is 0 Å². The minimum absolute atomic E-state index is 0.326. The van der Waals surface area contributed by atoms with Crippen LogP contribution in [0, 0.1) is 5.92 Å². The van der Waals surface area contributed by atoms with Crippen LogP contribution in [0.25, 0.3) is 0 Å². The highest BCUT2D eigenvalue weighted by Gasteiger charge is 2.09. The lowest BCUT2D eigenvalue weighted by atomic mass is 10.1. The molecule has 0 aliphatic heterocycles. The molecule has 0 saturated heterocycles. The number of aliphatic hydroxyl groups is 1. The first kappa shape index (κ1) is 17.0. The molecule has 1 aromatic rings. The van der Waals surface area contributed by atoms with Gasteiger partial charge in [-0.2, -0.15) is 0 Å². The van der Waals surface area contributed by atoms with E-state index in [0.29, 0.717) is 25.1 Å². The van der Waals surface area contributed by atoms with Gasteiger partial charge in [-0.3, -0.25) is 0 Å². The van der Waals surface area contributed by atoms with E-state index < -0.39 is 6.10 Å². The van der Waals surface area contributed by atoms with Crippen LogP contribution in [-0.4, -0.2) is 30.4 Å². The maximum atomic E-state index is 9.91. The Morgan fingerprint density at radius 3 is 2.35 bits per heavy atom. The third kappa shape index (κ3) is 6.92. The van der Waals surface area contributed by atoms with Crippen LogP contribution in [0.4, 0.5) is 0 Å². The Morgan fingerprint density at radius 1 is 1.15 bits per heavy atom. The molecule has 1 rings (SSSR count). The van der Waals surface area contributed by atoms with Gasteiger partial charge in [0, 0.05) is 12.6 Å². The fraction of sp³-hybridized carbons (Fsp3) is 0.647. The Labute approximate surface area is 123 Å². The number of rotatable bonds is 9. The summed E-state index contributed by atoms with van der Waals surface area (Å²) in [6, 6.07) is 8.46. The summed E-state index contributed by atoms with van der Waals surface area (Å²) in [5, 5.41) is 13.2. The molecule has 2 unspecified atom stereocenters. The molecule has 0 amide bonds. The zero-order valence-corrected chi connectivity index (χ0v) is 13.2. The molecule has 0 aromatic heterocycles. The normalized spacial score (nSPS) is 14.3. The van der Waals surface area contributed by atoms with E-state index in [4.69, 9.17) is 4.74 Å². The van der Waals surface area contributed by atoms with E-state index in [2.05, 4.69) is 45.1 Å². The van der Waals surface area contributed by atoms with Crippen molar-refractivity contribution in [1.29, 1.82) is 0 Å². The van der Waals surface area contributed by atoms with Crippen molar-refractivity contribution in [2.24, 2.45) is 5.92 Å². The van der Waals surface area contributed by atoms with Crippen LogP contribution in [0.2, 0.25) is 0 Å². The van der Waals surface area contributed by atoms with Crippen LogP contribution in [-0.2, 0) is 6.42 Å². The Bertz CT molecular complexity index is 362. The monoisotopic (exact) mass is 279 g/mol. The van der Waals surface area contributed by atoms with Crippen LogP contribution < -0.4 is 10.1 Å². The molecule has 0 aliphatic rings. The summed E-state index contributed by atoms with van der Waals surface area (Å²) in [6.07, 6.45) is 1.67. The van der Waals surface area contributed by atoms with Gasteiger partial charge >= 0.3 is 0 Å². The molecule has 0 radical (unpaired) electrons. The predicted octanol–water partition coefficient (Wildman–Crippen LogP) is 3.01. The van der Waals surface area contributed by atoms with Gasteiger partial charge in [-0.1, -0.05) is 32.9 Å². The van der Waals surface area contributed by atoms with E-state index in [0.717, 1.165) is 18.6 Å². The molecule has 0 aliphatic carbocycles. The summed E-state index contributed by atoms with van der Waals surface area (Å²) in [6.45, 7) is 9.59. The first-order valence-corrected chi connectivity index (χ1v) is 7.64. The number of aliphatic hydroxyl groups excluding tert-OH is 1. The van der Waals surface area contributed by atoms with Gasteiger partial charge < -0.3 is 15.2 Å². The fourth-order valence-corrected chi connectivity index (χ4v) is 2.20. The first-order chi connectivity index (χ1) is 9.51. The van der Waals surface area contributed by atoms with Gasteiger partial charge in [0.15, 0.2) is 0 Å². The second kappa shape index (κ2) is 8.98. The van der Waals surface area contributed by atoms with Gasteiger partial charge in [0.2, 0.25) is 0 Å². The third-order valence-electron chi connectivity index (χ3n) is 3.30. The zero-order valence-electron chi connectivity index (χ0n) is 13.2. The van der Waals surface area contributed by atoms with Gasteiger partial charge in [-0.25, -0.2) is 0 Å². The zero-order chi connectivity index (χ0) is 15.0. The lowest BCUT2D eigenvalue weighted by molar-refractivity contribution is 0.103. The number of ether oxygens (including phenoxy) is 1. The lowest BCUT2D eigenvalue weighted by Crippen LogP contribution is -2.37. The Balaban J connectivity index is 2.23. The molecule has 0 saturated carbocycles. The highest BCUT2D eigenvalue weighted by atomic mass is 16.5. The molecule has 3 heteroatoms. The maximum Gasteiger partial charge on any atom is 0.119 e. The summed E-state index contributed by atoms with van der Waals surface area (Å²) in [5.41, 5.74) is 1.29. The van der Waals surface area contributed by atoms with Crippen molar-refractivity contribution in [3.63, 3.8) is 0 Å². The van der Waals surface area contributed by atoms with Crippen molar-refractivity contribution < 1.29 is 9.84 Å². The third-order valence-corrected chi connectivity index (χ3v) is 3.30. The van der Waals surface area contributed by atoms with Crippen LogP contribution in [0.15, 0.2) is 24.3 Å². The Hall–Kier alpha value is -1.06. The second-order valence-corrected chi connectivity index (χ2v) is 5.90. The van der Waals surface area contributed by atoms with Crippen LogP contribution >= 0.6 is 0 Å². The molecule has 2 N–H and O–H groups in total. The predicted molar refractivity (Wildman–Crippen MR) is 84.2 cm³/mol. The Kier molecular flexibility index (Phi) is 7.63. The lowest BCUT2D eigenvalue weighted by Gasteiger charge is -2.19. The van der Waals surface area contributed by atoms with Gasteiger partial charge in [-0.15, -0.1) is 0 Å². The molecular formula is C17H29NO2. The van der Waals surface area contributed by atoms with Crippen LogP contribution in [0.3, 0.4) is 0 Å². The average molecular weight is 279 g/mol. The number of hydrogen-bond acceptors (Lipinski definition) is 3. The smallest absolute Gasteiger partial charge is 0.119 e. The molecule has 2 atom stereocenters. The molecule has 20 heavy (non-hydrogen) atoms. The summed E-state index contributed by atoms with van der Waals surface area (Å²) in [4.78, 5) is 0. The van der Waals surface area contributed by atoms with Crippen molar-refractivity contribution in [2.45, 2.75) is 52.7 Å². The fourth-order valence-electron chi connectivity index (χ4n) is 2.20. The molecule has 3 nitrogen and oxygen atoms in total. The number of benzene rings is 1. The van der Waals surface area contributed by atoms with Crippen molar-refractivity contribution in [2.75, 3.05) is 13.2 Å². The minimum atomic E-state index is -0.476. The summed E-state index contributed by atoms with van der Waals surface area (Å²) >= 11 is 0. The first-order valence-electron chi connectivity index (χ1n) is 7.64. The number of nitrogens with one attached hydrogen (secondary N) is 1. The SMILES string of the molecule is CCc1ccc(OCC(O)CNC(C)CC(C)C)cc1. The molecule has 1 aromatic carbocycles. The van der Waals surface area contributed by atoms with Crippen LogP contribution in [0.5, 0.6) is 5.75 Å². The summed E-state index contributed by atoms with van der Waals surface area (Å²) in [7, 11) is 0. The van der Waals surface area contributed by atoms with Crippen molar-refractivity contribution in [1.82, 2.24) is 5.32 Å². The second-order valence-electron chi connectivity index (χ2n) is 5.90. The van der Waals surface area contributed by atoms with Crippen molar-refractivity contribution >= 4 is 0 Å². The van der Waals surface area contributed by atoms with Crippen LogP contribution in [0.1, 0.15) is 39.7 Å². The molecule has 0 spiro atoms. The van der Waals surface area contributed by atoms with E-state index in [-0.39, 0.29) is 0 Å². The average Bonchev–Trinajstić information content (AvgIpc) is 2.42. The van der Waals surface area contributed by atoms with E-state index in [1.807, 2.05) is 12.1 Å². The highest BCUT2D eigenvalue weighted by molar-refractivity contribution is 5.27. The van der Waals surface area contributed by atoms with E-state index >= 15 is 0 Å².